The molecule has 170 valence electrons. The summed E-state index contributed by atoms with van der Waals surface area (Å²) in [5.41, 5.74) is 6.66. The Bertz CT molecular complexity index is 1320. The average molecular weight is 548 g/mol. The second kappa shape index (κ2) is 10.5. The molecule has 0 spiro atoms. The molecule has 0 aliphatic rings. The Balaban J connectivity index is 1.51. The zero-order valence-corrected chi connectivity index (χ0v) is 21.1. The normalized spacial score (nSPS) is 11.3. The fraction of sp³-hybridized carbons (Fsp3) is 0.167. The standard InChI is InChI=1S/C24H21BrCl2N4O2/c1-3-31-21-7-5-4-6-20(21)29-24(31)30-28-13-15-10-18(25)23(22(11-15)32-2)33-14-16-8-9-17(26)12-19(16)27/h4-13H,3,14H2,1-2H3,(H,29,30)/b28-13-. The molecule has 0 fully saturated rings. The van der Waals surface area contributed by atoms with Gasteiger partial charge in [-0.05, 0) is 64.8 Å². The molecule has 6 nitrogen and oxygen atoms in total. The van der Waals surface area contributed by atoms with Crippen LogP contribution in [0.2, 0.25) is 10.0 Å². The zero-order valence-electron chi connectivity index (χ0n) is 18.0. The van der Waals surface area contributed by atoms with Crippen LogP contribution in [0.1, 0.15) is 18.1 Å². The van der Waals surface area contributed by atoms with Crippen LogP contribution in [0.4, 0.5) is 5.95 Å². The number of hydrazone groups is 1. The topological polar surface area (TPSA) is 60.7 Å². The number of ether oxygens (including phenoxy) is 2. The first-order valence-electron chi connectivity index (χ1n) is 10.2. The largest absolute Gasteiger partial charge is 0.493 e. The maximum atomic E-state index is 6.25. The fourth-order valence-electron chi connectivity index (χ4n) is 3.39. The molecule has 3 aromatic carbocycles. The van der Waals surface area contributed by atoms with E-state index >= 15 is 0 Å². The molecule has 0 aliphatic heterocycles. The number of methoxy groups -OCH3 is 1. The molecule has 33 heavy (non-hydrogen) atoms. The lowest BCUT2D eigenvalue weighted by Crippen LogP contribution is -2.02. The van der Waals surface area contributed by atoms with Gasteiger partial charge in [-0.25, -0.2) is 10.4 Å². The molecule has 0 saturated heterocycles. The highest BCUT2D eigenvalue weighted by Gasteiger charge is 2.13. The molecule has 0 radical (unpaired) electrons. The first kappa shape index (κ1) is 23.4. The number of rotatable bonds is 8. The van der Waals surface area contributed by atoms with Crippen molar-refractivity contribution < 1.29 is 9.47 Å². The minimum Gasteiger partial charge on any atom is -0.493 e. The first-order chi connectivity index (χ1) is 16.0. The molecule has 0 amide bonds. The number of nitrogens with one attached hydrogen (secondary N) is 1. The molecule has 1 heterocycles. The monoisotopic (exact) mass is 546 g/mol. The number of hydrogen-bond donors (Lipinski definition) is 1. The van der Waals surface area contributed by atoms with Crippen molar-refractivity contribution in [3.05, 3.63) is 80.2 Å². The summed E-state index contributed by atoms with van der Waals surface area (Å²) in [4.78, 5) is 4.61. The summed E-state index contributed by atoms with van der Waals surface area (Å²) in [6, 6.07) is 17.0. The van der Waals surface area contributed by atoms with E-state index in [1.165, 1.54) is 0 Å². The van der Waals surface area contributed by atoms with Crippen LogP contribution in [0, 0.1) is 0 Å². The molecule has 4 aromatic rings. The summed E-state index contributed by atoms with van der Waals surface area (Å²) in [5.74, 6) is 1.82. The summed E-state index contributed by atoms with van der Waals surface area (Å²) in [6.45, 7) is 3.12. The number of halogens is 3. The maximum absolute atomic E-state index is 6.25. The quantitative estimate of drug-likeness (QED) is 0.188. The van der Waals surface area contributed by atoms with Gasteiger partial charge in [0.1, 0.15) is 6.61 Å². The fourth-order valence-corrected chi connectivity index (χ4v) is 4.43. The molecular formula is C24H21BrCl2N4O2. The molecule has 1 aromatic heterocycles. The SMILES string of the molecule is CCn1c(N/N=C\c2cc(Br)c(OCc3ccc(Cl)cc3Cl)c(OC)c2)nc2ccccc21. The van der Waals surface area contributed by atoms with Crippen molar-refractivity contribution in [2.45, 2.75) is 20.1 Å². The number of imidazole rings is 1. The number of aromatic nitrogens is 2. The van der Waals surface area contributed by atoms with E-state index in [1.807, 2.05) is 42.5 Å². The summed E-state index contributed by atoms with van der Waals surface area (Å²) in [7, 11) is 1.59. The Kier molecular flexibility index (Phi) is 7.42. The predicted molar refractivity (Wildman–Crippen MR) is 138 cm³/mol. The van der Waals surface area contributed by atoms with Crippen molar-refractivity contribution in [2.75, 3.05) is 12.5 Å². The van der Waals surface area contributed by atoms with Crippen molar-refractivity contribution in [3.63, 3.8) is 0 Å². The van der Waals surface area contributed by atoms with Gasteiger partial charge in [-0.15, -0.1) is 0 Å². The van der Waals surface area contributed by atoms with E-state index in [0.29, 0.717) is 27.5 Å². The van der Waals surface area contributed by atoms with Gasteiger partial charge in [0.15, 0.2) is 11.5 Å². The highest BCUT2D eigenvalue weighted by atomic mass is 79.9. The number of hydrogen-bond acceptors (Lipinski definition) is 5. The van der Waals surface area contributed by atoms with Crippen LogP contribution in [0.15, 0.2) is 64.2 Å². The van der Waals surface area contributed by atoms with E-state index in [4.69, 9.17) is 32.7 Å². The summed E-state index contributed by atoms with van der Waals surface area (Å²) in [6.07, 6.45) is 1.70. The molecule has 0 aliphatic carbocycles. The molecule has 4 rings (SSSR count). The molecule has 1 N–H and O–H groups in total. The molecule has 0 unspecified atom stereocenters. The number of aryl methyl sites for hydroxylation is 1. The van der Waals surface area contributed by atoms with Crippen LogP contribution in [0.25, 0.3) is 11.0 Å². The van der Waals surface area contributed by atoms with Crippen LogP contribution in [-0.4, -0.2) is 22.9 Å². The van der Waals surface area contributed by atoms with Gasteiger partial charge in [0.05, 0.1) is 28.8 Å². The smallest absolute Gasteiger partial charge is 0.224 e. The van der Waals surface area contributed by atoms with Crippen molar-refractivity contribution in [3.8, 4) is 11.5 Å². The van der Waals surface area contributed by atoms with Crippen LogP contribution in [-0.2, 0) is 13.2 Å². The van der Waals surface area contributed by atoms with Crippen LogP contribution in [0.5, 0.6) is 11.5 Å². The van der Waals surface area contributed by atoms with E-state index in [2.05, 4.69) is 42.9 Å². The molecule has 0 saturated carbocycles. The summed E-state index contributed by atoms with van der Waals surface area (Å²) in [5, 5.41) is 5.49. The minimum absolute atomic E-state index is 0.271. The Hall–Kier alpha value is -2.74. The molecule has 9 heteroatoms. The molecular weight excluding hydrogens is 527 g/mol. The van der Waals surface area contributed by atoms with Crippen molar-refractivity contribution in [2.24, 2.45) is 5.10 Å². The van der Waals surface area contributed by atoms with E-state index in [9.17, 15) is 0 Å². The predicted octanol–water partition coefficient (Wildman–Crippen LogP) is 7.16. The van der Waals surface area contributed by atoms with Gasteiger partial charge in [0.25, 0.3) is 0 Å². The van der Waals surface area contributed by atoms with E-state index in [-0.39, 0.29) is 6.61 Å². The van der Waals surface area contributed by atoms with Crippen molar-refractivity contribution >= 4 is 62.3 Å². The van der Waals surface area contributed by atoms with Gasteiger partial charge in [0.2, 0.25) is 5.95 Å². The van der Waals surface area contributed by atoms with E-state index in [0.717, 1.165) is 33.2 Å². The van der Waals surface area contributed by atoms with Crippen molar-refractivity contribution in [1.82, 2.24) is 9.55 Å². The number of benzene rings is 3. The average Bonchev–Trinajstić information content (AvgIpc) is 3.16. The highest BCUT2D eigenvalue weighted by molar-refractivity contribution is 9.10. The third-order valence-corrected chi connectivity index (χ3v) is 6.16. The van der Waals surface area contributed by atoms with E-state index in [1.54, 1.807) is 25.5 Å². The third-order valence-electron chi connectivity index (χ3n) is 4.99. The number of fused-ring (bicyclic) bond motifs is 1. The minimum atomic E-state index is 0.271. The van der Waals surface area contributed by atoms with Crippen LogP contribution < -0.4 is 14.9 Å². The number of anilines is 1. The number of nitrogens with zero attached hydrogens (tertiary/aromatic N) is 3. The van der Waals surface area contributed by atoms with Gasteiger partial charge in [-0.3, -0.25) is 0 Å². The summed E-state index contributed by atoms with van der Waals surface area (Å²) >= 11 is 15.8. The molecule has 0 bridgehead atoms. The van der Waals surface area contributed by atoms with Crippen molar-refractivity contribution in [1.29, 1.82) is 0 Å². The van der Waals surface area contributed by atoms with Crippen LogP contribution in [0.3, 0.4) is 0 Å². The maximum Gasteiger partial charge on any atom is 0.224 e. The second-order valence-electron chi connectivity index (χ2n) is 7.10. The van der Waals surface area contributed by atoms with Gasteiger partial charge < -0.3 is 14.0 Å². The third kappa shape index (κ3) is 5.27. The van der Waals surface area contributed by atoms with Gasteiger partial charge in [-0.2, -0.15) is 5.10 Å². The zero-order chi connectivity index (χ0) is 23.4. The van der Waals surface area contributed by atoms with E-state index < -0.39 is 0 Å². The molecule has 0 atom stereocenters. The Labute approximate surface area is 210 Å². The lowest BCUT2D eigenvalue weighted by Gasteiger charge is -2.14. The second-order valence-corrected chi connectivity index (χ2v) is 8.79. The lowest BCUT2D eigenvalue weighted by atomic mass is 10.2. The van der Waals surface area contributed by atoms with Crippen LogP contribution >= 0.6 is 39.1 Å². The highest BCUT2D eigenvalue weighted by Crippen LogP contribution is 2.37. The Morgan fingerprint density at radius 2 is 1.97 bits per heavy atom. The van der Waals surface area contributed by atoms with Gasteiger partial charge in [-0.1, -0.05) is 41.4 Å². The lowest BCUT2D eigenvalue weighted by molar-refractivity contribution is 0.282. The first-order valence-corrected chi connectivity index (χ1v) is 11.7. The number of para-hydroxylation sites is 2. The summed E-state index contributed by atoms with van der Waals surface area (Å²) < 4.78 is 14.3. The Morgan fingerprint density at radius 3 is 2.73 bits per heavy atom. The van der Waals surface area contributed by atoms with Gasteiger partial charge >= 0.3 is 0 Å². The Morgan fingerprint density at radius 1 is 1.15 bits per heavy atom. The van der Waals surface area contributed by atoms with Gasteiger partial charge in [0, 0.05) is 22.2 Å².